The number of aromatic nitrogens is 3. The number of hydrogen-bond donors (Lipinski definition) is 1. The van der Waals surface area contributed by atoms with Gasteiger partial charge in [-0.05, 0) is 72.8 Å². The third-order valence-electron chi connectivity index (χ3n) is 4.58. The number of hydrogen-bond acceptors (Lipinski definition) is 5. The van der Waals surface area contributed by atoms with Crippen molar-refractivity contribution in [3.8, 4) is 28.6 Å². The van der Waals surface area contributed by atoms with Crippen molar-refractivity contribution in [3.05, 3.63) is 83.6 Å². The van der Waals surface area contributed by atoms with Crippen molar-refractivity contribution in [1.82, 2.24) is 14.8 Å². The molecular weight excluding hydrogens is 416 g/mol. The Labute approximate surface area is 184 Å². The van der Waals surface area contributed by atoms with E-state index in [2.05, 4.69) is 15.4 Å². The Morgan fingerprint density at radius 3 is 2.03 bits per heavy atom. The summed E-state index contributed by atoms with van der Waals surface area (Å²) in [4.78, 5) is 17.3. The van der Waals surface area contributed by atoms with E-state index in [1.165, 1.54) is 0 Å². The average Bonchev–Trinajstić information content (AvgIpc) is 3.26. The fourth-order valence-corrected chi connectivity index (χ4v) is 3.08. The summed E-state index contributed by atoms with van der Waals surface area (Å²) in [5.41, 5.74) is 2.12. The van der Waals surface area contributed by atoms with Crippen LogP contribution in [0, 0.1) is 0 Å². The van der Waals surface area contributed by atoms with E-state index in [0.717, 1.165) is 17.0 Å². The van der Waals surface area contributed by atoms with Gasteiger partial charge in [-0.2, -0.15) is 0 Å². The molecule has 1 heterocycles. The maximum Gasteiger partial charge on any atom is 0.295 e. The highest BCUT2D eigenvalue weighted by Crippen LogP contribution is 2.25. The number of rotatable bonds is 6. The van der Waals surface area contributed by atoms with Gasteiger partial charge >= 0.3 is 0 Å². The van der Waals surface area contributed by atoms with Gasteiger partial charge in [0.1, 0.15) is 11.5 Å². The van der Waals surface area contributed by atoms with E-state index in [-0.39, 0.29) is 5.82 Å². The maximum absolute atomic E-state index is 12.8. The van der Waals surface area contributed by atoms with Gasteiger partial charge in [0, 0.05) is 16.3 Å². The molecule has 1 aromatic heterocycles. The van der Waals surface area contributed by atoms with E-state index in [9.17, 15) is 4.79 Å². The van der Waals surface area contributed by atoms with Crippen LogP contribution >= 0.6 is 11.6 Å². The first-order valence-electron chi connectivity index (χ1n) is 9.40. The molecule has 0 unspecified atom stereocenters. The molecule has 1 N–H and O–H groups in total. The van der Waals surface area contributed by atoms with E-state index < -0.39 is 5.91 Å². The van der Waals surface area contributed by atoms with Crippen molar-refractivity contribution in [3.63, 3.8) is 0 Å². The Hall–Kier alpha value is -3.84. The van der Waals surface area contributed by atoms with Gasteiger partial charge in [-0.25, -0.2) is 9.67 Å². The predicted molar refractivity (Wildman–Crippen MR) is 119 cm³/mol. The normalized spacial score (nSPS) is 10.5. The molecule has 3 aromatic carbocycles. The lowest BCUT2D eigenvalue weighted by atomic mass is 10.2. The SMILES string of the molecule is COc1ccc(NC(=O)c2nc(-c3ccc(Cl)cc3)n(-c3ccc(OC)cc3)n2)cc1. The molecule has 0 saturated carbocycles. The maximum atomic E-state index is 12.8. The van der Waals surface area contributed by atoms with Gasteiger partial charge in [-0.15, -0.1) is 5.10 Å². The number of ether oxygens (including phenoxy) is 2. The number of amides is 1. The zero-order valence-electron chi connectivity index (χ0n) is 16.9. The molecule has 0 aliphatic carbocycles. The Kier molecular flexibility index (Phi) is 5.86. The monoisotopic (exact) mass is 434 g/mol. The standard InChI is InChI=1S/C23H19ClN4O3/c1-30-19-11-7-17(8-12-19)25-23(29)21-26-22(15-3-5-16(24)6-4-15)28(27-21)18-9-13-20(31-2)14-10-18/h3-14H,1-2H3,(H,25,29). The molecular formula is C23H19ClN4O3. The quantitative estimate of drug-likeness (QED) is 0.469. The predicted octanol–water partition coefficient (Wildman–Crippen LogP) is 4.86. The Morgan fingerprint density at radius 1 is 0.871 bits per heavy atom. The summed E-state index contributed by atoms with van der Waals surface area (Å²) in [6, 6.07) is 21.5. The summed E-state index contributed by atoms with van der Waals surface area (Å²) in [7, 11) is 3.19. The fraction of sp³-hybridized carbons (Fsp3) is 0.0870. The summed E-state index contributed by atoms with van der Waals surface area (Å²) in [6.45, 7) is 0. The first-order valence-corrected chi connectivity index (χ1v) is 9.78. The van der Waals surface area contributed by atoms with Crippen LogP contribution in [0.25, 0.3) is 17.1 Å². The second kappa shape index (κ2) is 8.89. The lowest BCUT2D eigenvalue weighted by molar-refractivity contribution is 0.101. The van der Waals surface area contributed by atoms with E-state index in [0.29, 0.717) is 22.3 Å². The van der Waals surface area contributed by atoms with Crippen molar-refractivity contribution in [1.29, 1.82) is 0 Å². The Morgan fingerprint density at radius 2 is 1.45 bits per heavy atom. The van der Waals surface area contributed by atoms with Crippen LogP contribution in [0.2, 0.25) is 5.02 Å². The van der Waals surface area contributed by atoms with Crippen molar-refractivity contribution in [2.75, 3.05) is 19.5 Å². The minimum atomic E-state index is -0.423. The van der Waals surface area contributed by atoms with Gasteiger partial charge in [-0.1, -0.05) is 11.6 Å². The topological polar surface area (TPSA) is 78.3 Å². The Bertz CT molecular complexity index is 1190. The number of benzene rings is 3. The molecule has 0 aliphatic rings. The first kappa shape index (κ1) is 20.4. The highest BCUT2D eigenvalue weighted by molar-refractivity contribution is 6.30. The summed E-state index contributed by atoms with van der Waals surface area (Å²) >= 11 is 6.03. The number of carbonyl (C=O) groups is 1. The van der Waals surface area contributed by atoms with Gasteiger partial charge in [0.15, 0.2) is 5.82 Å². The number of anilines is 1. The second-order valence-corrected chi connectivity index (χ2v) is 6.99. The largest absolute Gasteiger partial charge is 0.497 e. The summed E-state index contributed by atoms with van der Waals surface area (Å²) in [6.07, 6.45) is 0. The number of methoxy groups -OCH3 is 2. The van der Waals surface area contributed by atoms with Crippen LogP contribution < -0.4 is 14.8 Å². The molecule has 0 radical (unpaired) electrons. The molecule has 156 valence electrons. The molecule has 8 heteroatoms. The lowest BCUT2D eigenvalue weighted by Crippen LogP contribution is -2.14. The second-order valence-electron chi connectivity index (χ2n) is 6.56. The van der Waals surface area contributed by atoms with Gasteiger partial charge < -0.3 is 14.8 Å². The number of carbonyl (C=O) groups excluding carboxylic acids is 1. The molecule has 0 bridgehead atoms. The van der Waals surface area contributed by atoms with Crippen LogP contribution in [0.4, 0.5) is 5.69 Å². The molecule has 1 amide bonds. The molecule has 0 atom stereocenters. The molecule has 31 heavy (non-hydrogen) atoms. The van der Waals surface area contributed by atoms with Gasteiger partial charge in [0.05, 0.1) is 19.9 Å². The summed E-state index contributed by atoms with van der Waals surface area (Å²) in [5.74, 6) is 1.55. The minimum absolute atomic E-state index is 0.0385. The molecule has 0 aliphatic heterocycles. The highest BCUT2D eigenvalue weighted by Gasteiger charge is 2.19. The van der Waals surface area contributed by atoms with E-state index in [1.54, 1.807) is 55.3 Å². The smallest absolute Gasteiger partial charge is 0.295 e. The number of nitrogens with one attached hydrogen (secondary N) is 1. The zero-order valence-corrected chi connectivity index (χ0v) is 17.6. The molecule has 0 spiro atoms. The number of nitrogens with zero attached hydrogens (tertiary/aromatic N) is 3. The van der Waals surface area contributed by atoms with Crippen LogP contribution in [0.3, 0.4) is 0 Å². The highest BCUT2D eigenvalue weighted by atomic mass is 35.5. The van der Waals surface area contributed by atoms with Crippen LogP contribution in [-0.2, 0) is 0 Å². The molecule has 4 aromatic rings. The first-order chi connectivity index (χ1) is 15.1. The van der Waals surface area contributed by atoms with Crippen LogP contribution in [0.5, 0.6) is 11.5 Å². The summed E-state index contributed by atoms with van der Waals surface area (Å²) < 4.78 is 12.0. The van der Waals surface area contributed by atoms with Gasteiger partial charge in [0.2, 0.25) is 5.82 Å². The Balaban J connectivity index is 1.70. The molecule has 4 rings (SSSR count). The number of halogens is 1. The average molecular weight is 435 g/mol. The van der Waals surface area contributed by atoms with Crippen molar-refractivity contribution in [2.24, 2.45) is 0 Å². The van der Waals surface area contributed by atoms with Crippen LogP contribution in [0.1, 0.15) is 10.6 Å². The van der Waals surface area contributed by atoms with Crippen molar-refractivity contribution < 1.29 is 14.3 Å². The van der Waals surface area contributed by atoms with Crippen LogP contribution in [-0.4, -0.2) is 34.9 Å². The van der Waals surface area contributed by atoms with E-state index in [4.69, 9.17) is 21.1 Å². The van der Waals surface area contributed by atoms with E-state index in [1.807, 2.05) is 36.4 Å². The minimum Gasteiger partial charge on any atom is -0.497 e. The third kappa shape index (κ3) is 4.51. The third-order valence-corrected chi connectivity index (χ3v) is 4.83. The van der Waals surface area contributed by atoms with Crippen molar-refractivity contribution in [2.45, 2.75) is 0 Å². The van der Waals surface area contributed by atoms with Crippen molar-refractivity contribution >= 4 is 23.2 Å². The summed E-state index contributed by atoms with van der Waals surface area (Å²) in [5, 5.41) is 7.87. The zero-order chi connectivity index (χ0) is 21.8. The lowest BCUT2D eigenvalue weighted by Gasteiger charge is -2.07. The molecule has 0 fully saturated rings. The molecule has 0 saturated heterocycles. The molecule has 7 nitrogen and oxygen atoms in total. The van der Waals surface area contributed by atoms with Gasteiger partial charge in [0.25, 0.3) is 5.91 Å². The van der Waals surface area contributed by atoms with Gasteiger partial charge in [-0.3, -0.25) is 4.79 Å². The van der Waals surface area contributed by atoms with E-state index >= 15 is 0 Å². The van der Waals surface area contributed by atoms with Crippen LogP contribution in [0.15, 0.2) is 72.8 Å². The fourth-order valence-electron chi connectivity index (χ4n) is 2.96.